The third-order valence-corrected chi connectivity index (χ3v) is 9.18. The molecule has 1 N–H and O–H groups in total. The summed E-state index contributed by atoms with van der Waals surface area (Å²) < 4.78 is 87.2. The summed E-state index contributed by atoms with van der Waals surface area (Å²) in [5, 5.41) is 0.860. The second kappa shape index (κ2) is 8.74. The van der Waals surface area contributed by atoms with Crippen LogP contribution in [0.2, 0.25) is 0 Å². The van der Waals surface area contributed by atoms with E-state index >= 15 is 0 Å². The summed E-state index contributed by atoms with van der Waals surface area (Å²) in [5.41, 5.74) is 2.75. The molecule has 1 unspecified atom stereocenters. The van der Waals surface area contributed by atoms with Gasteiger partial charge < -0.3 is 0 Å². The lowest BCUT2D eigenvalue weighted by Crippen LogP contribution is -2.34. The van der Waals surface area contributed by atoms with E-state index in [9.17, 15) is 25.8 Å². The van der Waals surface area contributed by atoms with Crippen LogP contribution in [0.15, 0.2) is 62.3 Å². The minimum atomic E-state index is -4.54. The monoisotopic (exact) mass is 567 g/mol. The third-order valence-electron chi connectivity index (χ3n) is 4.43. The average Bonchev–Trinajstić information content (AvgIpc) is 3.31. The van der Waals surface area contributed by atoms with E-state index in [-0.39, 0.29) is 15.7 Å². The van der Waals surface area contributed by atoms with Crippen molar-refractivity contribution in [3.63, 3.8) is 0 Å². The van der Waals surface area contributed by atoms with Crippen molar-refractivity contribution in [1.82, 2.24) is 5.48 Å². The standard InChI is InChI=1S/C18H13BrF3N3O4S3/c19-15-13-3-1-2-4-14(13)30-17(15)25(10-9-18(20,21)22)32(27,28)12-7-5-11(6-8-12)16-23-29-31(26)24-16/h1-8H,9-10H2,(H,23,24). The van der Waals surface area contributed by atoms with Gasteiger partial charge in [0.05, 0.1) is 15.8 Å². The smallest absolute Gasteiger partial charge is 0.256 e. The molecule has 14 heteroatoms. The van der Waals surface area contributed by atoms with Gasteiger partial charge in [0.25, 0.3) is 10.0 Å². The summed E-state index contributed by atoms with van der Waals surface area (Å²) >= 11 is 2.55. The first kappa shape index (κ1) is 23.2. The highest BCUT2D eigenvalue weighted by Crippen LogP contribution is 2.44. The summed E-state index contributed by atoms with van der Waals surface area (Å²) in [6.45, 7) is -0.778. The normalized spacial score (nSPS) is 16.8. The van der Waals surface area contributed by atoms with Crippen LogP contribution in [0, 0.1) is 0 Å². The van der Waals surface area contributed by atoms with Gasteiger partial charge in [-0.2, -0.15) is 17.5 Å². The van der Waals surface area contributed by atoms with E-state index in [2.05, 4.69) is 30.1 Å². The fourth-order valence-electron chi connectivity index (χ4n) is 2.93. The number of rotatable bonds is 6. The van der Waals surface area contributed by atoms with Gasteiger partial charge in [-0.15, -0.1) is 15.7 Å². The van der Waals surface area contributed by atoms with Crippen molar-refractivity contribution in [2.75, 3.05) is 10.8 Å². The number of nitrogens with zero attached hydrogens (tertiary/aromatic N) is 2. The first-order valence-corrected chi connectivity index (χ1v) is 13.0. The van der Waals surface area contributed by atoms with Crippen LogP contribution in [0.25, 0.3) is 10.1 Å². The van der Waals surface area contributed by atoms with Crippen LogP contribution in [-0.2, 0) is 25.6 Å². The zero-order valence-electron chi connectivity index (χ0n) is 15.8. The molecule has 0 radical (unpaired) electrons. The molecule has 170 valence electrons. The van der Waals surface area contributed by atoms with E-state index in [1.807, 2.05) is 0 Å². The third kappa shape index (κ3) is 4.69. The van der Waals surface area contributed by atoms with Crippen molar-refractivity contribution in [2.24, 2.45) is 4.40 Å². The van der Waals surface area contributed by atoms with Gasteiger partial charge in [-0.25, -0.2) is 18.1 Å². The second-order valence-electron chi connectivity index (χ2n) is 6.53. The minimum Gasteiger partial charge on any atom is -0.256 e. The lowest BCUT2D eigenvalue weighted by Gasteiger charge is -2.24. The van der Waals surface area contributed by atoms with Crippen molar-refractivity contribution >= 4 is 69.5 Å². The van der Waals surface area contributed by atoms with Crippen LogP contribution in [0.3, 0.4) is 0 Å². The van der Waals surface area contributed by atoms with Gasteiger partial charge in [-0.3, -0.25) is 4.31 Å². The molecule has 2 heterocycles. The Morgan fingerprint density at radius 1 is 1.16 bits per heavy atom. The molecule has 0 aliphatic carbocycles. The van der Waals surface area contributed by atoms with Gasteiger partial charge in [-0.05, 0) is 46.3 Å². The zero-order valence-corrected chi connectivity index (χ0v) is 19.8. The molecular formula is C18H13BrF3N3O4S3. The lowest BCUT2D eigenvalue weighted by molar-refractivity contribution is -0.131. The Morgan fingerprint density at radius 3 is 2.44 bits per heavy atom. The highest BCUT2D eigenvalue weighted by Gasteiger charge is 2.34. The first-order chi connectivity index (χ1) is 15.1. The van der Waals surface area contributed by atoms with Crippen LogP contribution in [0.1, 0.15) is 12.0 Å². The predicted molar refractivity (Wildman–Crippen MR) is 120 cm³/mol. The Hall–Kier alpha value is -2.00. The number of benzene rings is 2. The Morgan fingerprint density at radius 2 is 1.84 bits per heavy atom. The fourth-order valence-corrected chi connectivity index (χ4v) is 7.27. The molecule has 7 nitrogen and oxygen atoms in total. The van der Waals surface area contributed by atoms with Crippen molar-refractivity contribution in [3.05, 3.63) is 58.6 Å². The highest BCUT2D eigenvalue weighted by molar-refractivity contribution is 9.10. The molecule has 0 saturated carbocycles. The molecule has 3 aromatic rings. The maximum Gasteiger partial charge on any atom is 0.390 e. The SMILES string of the molecule is O=S1N=C(c2ccc(S(=O)(=O)N(CCC(F)(F)F)c3sc4ccccc4c3Br)cc2)NO1. The zero-order chi connectivity index (χ0) is 23.1. The number of hydroxylamine groups is 1. The number of thiophene rings is 1. The van der Waals surface area contributed by atoms with Crippen LogP contribution in [0.5, 0.6) is 0 Å². The van der Waals surface area contributed by atoms with E-state index in [1.165, 1.54) is 24.3 Å². The number of amidine groups is 1. The van der Waals surface area contributed by atoms with Crippen LogP contribution >= 0.6 is 27.3 Å². The Bertz CT molecular complexity index is 1320. The molecule has 2 aromatic carbocycles. The Balaban J connectivity index is 1.74. The van der Waals surface area contributed by atoms with Crippen LogP contribution in [-0.4, -0.2) is 31.2 Å². The summed E-state index contributed by atoms with van der Waals surface area (Å²) in [6, 6.07) is 12.3. The number of alkyl halides is 3. The number of sulfonamides is 1. The number of anilines is 1. The number of hydrogen-bond acceptors (Lipinski definition) is 6. The topological polar surface area (TPSA) is 88.1 Å². The van der Waals surface area contributed by atoms with E-state index in [0.29, 0.717) is 15.4 Å². The molecule has 0 spiro atoms. The Kier molecular flexibility index (Phi) is 6.33. The second-order valence-corrected chi connectivity index (χ2v) is 11.0. The number of halogens is 4. The number of hydrogen-bond donors (Lipinski definition) is 1. The van der Waals surface area contributed by atoms with Gasteiger partial charge in [0.15, 0.2) is 5.84 Å². The molecular weight excluding hydrogens is 555 g/mol. The van der Waals surface area contributed by atoms with Crippen LogP contribution in [0.4, 0.5) is 18.2 Å². The molecule has 0 saturated heterocycles. The summed E-state index contributed by atoms with van der Waals surface area (Å²) in [7, 11) is -4.34. The molecule has 4 rings (SSSR count). The molecule has 1 aromatic heterocycles. The predicted octanol–water partition coefficient (Wildman–Crippen LogP) is 4.67. The van der Waals surface area contributed by atoms with E-state index in [0.717, 1.165) is 20.3 Å². The van der Waals surface area contributed by atoms with E-state index in [4.69, 9.17) is 0 Å². The molecule has 0 amide bonds. The molecule has 32 heavy (non-hydrogen) atoms. The molecule has 0 fully saturated rings. The maximum absolute atomic E-state index is 13.4. The fraction of sp³-hybridized carbons (Fsp3) is 0.167. The number of nitrogens with one attached hydrogen (secondary N) is 1. The molecule has 1 atom stereocenters. The van der Waals surface area contributed by atoms with Gasteiger partial charge in [0.1, 0.15) is 5.00 Å². The van der Waals surface area contributed by atoms with Crippen molar-refractivity contribution in [1.29, 1.82) is 0 Å². The van der Waals surface area contributed by atoms with Gasteiger partial charge in [0, 0.05) is 22.2 Å². The number of fused-ring (bicyclic) bond motifs is 1. The van der Waals surface area contributed by atoms with Crippen LogP contribution < -0.4 is 9.79 Å². The summed E-state index contributed by atoms with van der Waals surface area (Å²) in [4.78, 5) is -0.201. The van der Waals surface area contributed by atoms with Gasteiger partial charge in [0.2, 0.25) is 0 Å². The largest absolute Gasteiger partial charge is 0.390 e. The van der Waals surface area contributed by atoms with Gasteiger partial charge in [-0.1, -0.05) is 18.2 Å². The first-order valence-electron chi connectivity index (χ1n) is 8.87. The lowest BCUT2D eigenvalue weighted by atomic mass is 10.2. The molecule has 0 bridgehead atoms. The highest BCUT2D eigenvalue weighted by atomic mass is 79.9. The molecule has 1 aliphatic rings. The Labute approximate surface area is 195 Å². The van der Waals surface area contributed by atoms with Crippen molar-refractivity contribution < 1.29 is 30.1 Å². The van der Waals surface area contributed by atoms with Crippen molar-refractivity contribution in [3.8, 4) is 0 Å². The van der Waals surface area contributed by atoms with E-state index < -0.39 is 40.4 Å². The summed E-state index contributed by atoms with van der Waals surface area (Å²) in [6.07, 6.45) is -5.85. The average molecular weight is 568 g/mol. The minimum absolute atomic E-state index is 0.147. The van der Waals surface area contributed by atoms with Gasteiger partial charge >= 0.3 is 17.4 Å². The quantitative estimate of drug-likeness (QED) is 0.467. The van der Waals surface area contributed by atoms with Crippen molar-refractivity contribution in [2.45, 2.75) is 17.5 Å². The molecule has 1 aliphatic heterocycles. The summed E-state index contributed by atoms with van der Waals surface area (Å²) in [5.74, 6) is 0.147. The van der Waals surface area contributed by atoms with E-state index in [1.54, 1.807) is 24.3 Å². The maximum atomic E-state index is 13.4.